The van der Waals surface area contributed by atoms with E-state index in [2.05, 4.69) is 19.8 Å². The van der Waals surface area contributed by atoms with Crippen molar-refractivity contribution in [3.63, 3.8) is 0 Å². The van der Waals surface area contributed by atoms with Gasteiger partial charge in [0.15, 0.2) is 11.2 Å². The van der Waals surface area contributed by atoms with Gasteiger partial charge in [-0.25, -0.2) is 9.97 Å². The van der Waals surface area contributed by atoms with Crippen molar-refractivity contribution >= 4 is 11.2 Å². The van der Waals surface area contributed by atoms with Gasteiger partial charge in [-0.2, -0.15) is 0 Å². The first-order chi connectivity index (χ1) is 12.3. The Labute approximate surface area is 145 Å². The van der Waals surface area contributed by atoms with Crippen molar-refractivity contribution in [2.75, 3.05) is 59.2 Å². The van der Waals surface area contributed by atoms with Crippen molar-refractivity contribution in [1.82, 2.24) is 28.9 Å². The largest absolute Gasteiger partial charge is 0.379 e. The number of morpholine rings is 2. The number of hydrogen-bond donors (Lipinski definition) is 0. The van der Waals surface area contributed by atoms with E-state index in [0.29, 0.717) is 31.0 Å². The van der Waals surface area contributed by atoms with E-state index in [0.717, 1.165) is 52.5 Å². The Morgan fingerprint density at radius 2 is 1.48 bits per heavy atom. The van der Waals surface area contributed by atoms with Gasteiger partial charge in [0.25, 0.3) is 5.56 Å². The molecule has 0 aromatic carbocycles. The summed E-state index contributed by atoms with van der Waals surface area (Å²) in [5.41, 5.74) is 1.02. The van der Waals surface area contributed by atoms with E-state index in [9.17, 15) is 4.79 Å². The molecule has 2 aromatic rings. The first-order valence-corrected chi connectivity index (χ1v) is 8.82. The van der Waals surface area contributed by atoms with Gasteiger partial charge < -0.3 is 14.0 Å². The Morgan fingerprint density at radius 3 is 2.20 bits per heavy atom. The molecule has 0 radical (unpaired) electrons. The van der Waals surface area contributed by atoms with E-state index >= 15 is 0 Å². The maximum atomic E-state index is 12.7. The molecule has 0 aliphatic carbocycles. The van der Waals surface area contributed by atoms with Crippen LogP contribution in [0.4, 0.5) is 0 Å². The fraction of sp³-hybridized carbons (Fsp3) is 0.688. The van der Waals surface area contributed by atoms with Gasteiger partial charge in [-0.05, 0) is 0 Å². The molecule has 0 bridgehead atoms. The molecule has 0 amide bonds. The number of hydrogen-bond acceptors (Lipinski definition) is 7. The molecule has 2 aromatic heterocycles. The quantitative estimate of drug-likeness (QED) is 0.701. The van der Waals surface area contributed by atoms with E-state index in [4.69, 9.17) is 9.47 Å². The van der Waals surface area contributed by atoms with Gasteiger partial charge in [-0.15, -0.1) is 0 Å². The molecule has 9 nitrogen and oxygen atoms in total. The fourth-order valence-corrected chi connectivity index (χ4v) is 3.27. The predicted octanol–water partition coefficient (Wildman–Crippen LogP) is -0.785. The fourth-order valence-electron chi connectivity index (χ4n) is 3.27. The molecule has 9 heteroatoms. The lowest BCUT2D eigenvalue weighted by Gasteiger charge is -2.27. The molecule has 4 heterocycles. The summed E-state index contributed by atoms with van der Waals surface area (Å²) in [7, 11) is 0. The molecule has 25 heavy (non-hydrogen) atoms. The molecule has 2 fully saturated rings. The van der Waals surface area contributed by atoms with Crippen LogP contribution in [0.3, 0.4) is 0 Å². The maximum absolute atomic E-state index is 12.7. The molecule has 0 atom stereocenters. The lowest BCUT2D eigenvalue weighted by atomic mass is 10.4. The highest BCUT2D eigenvalue weighted by Crippen LogP contribution is 2.07. The van der Waals surface area contributed by atoms with Crippen LogP contribution in [-0.2, 0) is 22.7 Å². The second-order valence-electron chi connectivity index (χ2n) is 6.46. The number of ether oxygens (including phenoxy) is 2. The predicted molar refractivity (Wildman–Crippen MR) is 91.4 cm³/mol. The minimum Gasteiger partial charge on any atom is -0.379 e. The maximum Gasteiger partial charge on any atom is 0.282 e. The van der Waals surface area contributed by atoms with Crippen LogP contribution in [0, 0.1) is 0 Å². The smallest absolute Gasteiger partial charge is 0.282 e. The van der Waals surface area contributed by atoms with Crippen molar-refractivity contribution in [1.29, 1.82) is 0 Å². The third-order valence-electron chi connectivity index (χ3n) is 4.81. The average Bonchev–Trinajstić information content (AvgIpc) is 3.08. The van der Waals surface area contributed by atoms with Gasteiger partial charge in [-0.1, -0.05) is 0 Å². The molecule has 136 valence electrons. The highest BCUT2D eigenvalue weighted by molar-refractivity contribution is 5.68. The van der Waals surface area contributed by atoms with Crippen LogP contribution in [0.5, 0.6) is 0 Å². The van der Waals surface area contributed by atoms with E-state index in [-0.39, 0.29) is 5.56 Å². The SMILES string of the molecule is O=c1c2ncn(CCN3CCOCC3)c2ncn1CN1CCOCC1. The van der Waals surface area contributed by atoms with Crippen molar-refractivity contribution in [3.8, 4) is 0 Å². The second-order valence-corrected chi connectivity index (χ2v) is 6.46. The van der Waals surface area contributed by atoms with Gasteiger partial charge in [0.1, 0.15) is 6.33 Å². The molecule has 0 spiro atoms. The summed E-state index contributed by atoms with van der Waals surface area (Å²) in [6.07, 6.45) is 3.35. The molecule has 0 saturated carbocycles. The topological polar surface area (TPSA) is 77.7 Å². The van der Waals surface area contributed by atoms with Crippen molar-refractivity contribution in [3.05, 3.63) is 23.0 Å². The lowest BCUT2D eigenvalue weighted by molar-refractivity contribution is 0.0227. The van der Waals surface area contributed by atoms with Crippen LogP contribution in [0.1, 0.15) is 0 Å². The summed E-state index contributed by atoms with van der Waals surface area (Å²) in [4.78, 5) is 26.0. The minimum atomic E-state index is -0.0818. The van der Waals surface area contributed by atoms with Crippen molar-refractivity contribution < 1.29 is 9.47 Å². The molecule has 4 rings (SSSR count). The molecular formula is C16H24N6O3. The Balaban J connectivity index is 1.47. The molecule has 0 unspecified atom stereocenters. The summed E-state index contributed by atoms with van der Waals surface area (Å²) in [5, 5.41) is 0. The number of aromatic nitrogens is 4. The zero-order valence-corrected chi connectivity index (χ0v) is 14.3. The summed E-state index contributed by atoms with van der Waals surface area (Å²) in [5.74, 6) is 0. The lowest BCUT2D eigenvalue weighted by Crippen LogP contribution is -2.40. The van der Waals surface area contributed by atoms with E-state index in [1.807, 2.05) is 4.57 Å². The summed E-state index contributed by atoms with van der Waals surface area (Å²) < 4.78 is 14.3. The molecule has 2 saturated heterocycles. The number of fused-ring (bicyclic) bond motifs is 1. The van der Waals surface area contributed by atoms with Gasteiger partial charge in [0.2, 0.25) is 0 Å². The standard InChI is InChI=1S/C16H24N6O3/c23-16-14-15(18-12-22(16)13-20-5-9-25-10-6-20)21(11-17-14)2-1-19-3-7-24-8-4-19/h11-12H,1-10,13H2. The first kappa shape index (κ1) is 16.6. The first-order valence-electron chi connectivity index (χ1n) is 8.82. The van der Waals surface area contributed by atoms with Crippen LogP contribution >= 0.6 is 0 Å². The zero-order chi connectivity index (χ0) is 17.1. The molecular weight excluding hydrogens is 324 g/mol. The molecule has 0 N–H and O–H groups in total. The van der Waals surface area contributed by atoms with Gasteiger partial charge in [0, 0.05) is 39.3 Å². The second kappa shape index (κ2) is 7.61. The Kier molecular flexibility index (Phi) is 5.07. The summed E-state index contributed by atoms with van der Waals surface area (Å²) in [6.45, 7) is 8.77. The van der Waals surface area contributed by atoms with E-state index in [1.54, 1.807) is 17.2 Å². The van der Waals surface area contributed by atoms with Gasteiger partial charge >= 0.3 is 0 Å². The van der Waals surface area contributed by atoms with Crippen LogP contribution in [0.15, 0.2) is 17.4 Å². The Morgan fingerprint density at radius 1 is 0.840 bits per heavy atom. The van der Waals surface area contributed by atoms with Crippen LogP contribution < -0.4 is 5.56 Å². The highest BCUT2D eigenvalue weighted by atomic mass is 16.5. The monoisotopic (exact) mass is 348 g/mol. The normalized spacial score (nSPS) is 20.3. The number of nitrogens with zero attached hydrogens (tertiary/aromatic N) is 6. The number of imidazole rings is 1. The van der Waals surface area contributed by atoms with Crippen LogP contribution in [0.2, 0.25) is 0 Å². The highest BCUT2D eigenvalue weighted by Gasteiger charge is 2.16. The Hall–Kier alpha value is -1.81. The summed E-state index contributed by atoms with van der Waals surface area (Å²) >= 11 is 0. The van der Waals surface area contributed by atoms with Crippen molar-refractivity contribution in [2.24, 2.45) is 0 Å². The summed E-state index contributed by atoms with van der Waals surface area (Å²) in [6, 6.07) is 0. The minimum absolute atomic E-state index is 0.0818. The third kappa shape index (κ3) is 3.74. The van der Waals surface area contributed by atoms with Gasteiger partial charge in [-0.3, -0.25) is 19.2 Å². The molecule has 2 aliphatic rings. The van der Waals surface area contributed by atoms with Crippen LogP contribution in [0.25, 0.3) is 11.2 Å². The zero-order valence-electron chi connectivity index (χ0n) is 14.3. The number of rotatable bonds is 5. The van der Waals surface area contributed by atoms with E-state index < -0.39 is 0 Å². The van der Waals surface area contributed by atoms with E-state index in [1.165, 1.54) is 0 Å². The third-order valence-corrected chi connectivity index (χ3v) is 4.81. The Bertz CT molecular complexity index is 761. The van der Waals surface area contributed by atoms with Crippen molar-refractivity contribution in [2.45, 2.75) is 13.2 Å². The molecule has 2 aliphatic heterocycles. The average molecular weight is 348 g/mol. The van der Waals surface area contributed by atoms with Crippen LogP contribution in [-0.4, -0.2) is 88.1 Å². The van der Waals surface area contributed by atoms with Gasteiger partial charge in [0.05, 0.1) is 39.4 Å².